The van der Waals surface area contributed by atoms with Gasteiger partial charge in [0.05, 0.1) is 11.2 Å². The summed E-state index contributed by atoms with van der Waals surface area (Å²) < 4.78 is 0. The summed E-state index contributed by atoms with van der Waals surface area (Å²) in [6.45, 7) is 2.99. The highest BCUT2D eigenvalue weighted by molar-refractivity contribution is 5.91. The number of fused-ring (bicyclic) bond motifs is 1. The molecule has 2 heterocycles. The van der Waals surface area contributed by atoms with Crippen molar-refractivity contribution in [2.75, 3.05) is 18.4 Å². The summed E-state index contributed by atoms with van der Waals surface area (Å²) in [7, 11) is 0. The number of benzene rings is 2. The van der Waals surface area contributed by atoms with Crippen molar-refractivity contribution in [2.45, 2.75) is 19.4 Å². The number of aromatic hydroxyl groups is 1. The van der Waals surface area contributed by atoms with Gasteiger partial charge >= 0.3 is 0 Å². The summed E-state index contributed by atoms with van der Waals surface area (Å²) in [4.78, 5) is 11.0. The molecular formula is C19H20N4O. The molecule has 122 valence electrons. The SMILES string of the molecule is Oc1c(CN2CCCC2)cccc1Nc1ncnc2ccccc12. The first-order valence-corrected chi connectivity index (χ1v) is 8.31. The number of hydrogen-bond acceptors (Lipinski definition) is 5. The molecule has 0 unspecified atom stereocenters. The number of nitrogens with zero attached hydrogens (tertiary/aromatic N) is 3. The lowest BCUT2D eigenvalue weighted by molar-refractivity contribution is 0.324. The van der Waals surface area contributed by atoms with E-state index in [2.05, 4.69) is 20.2 Å². The average molecular weight is 320 g/mol. The Balaban J connectivity index is 1.64. The molecule has 1 aromatic heterocycles. The van der Waals surface area contributed by atoms with Crippen molar-refractivity contribution in [1.82, 2.24) is 14.9 Å². The number of rotatable bonds is 4. The molecule has 3 aromatic rings. The van der Waals surface area contributed by atoms with Crippen molar-refractivity contribution in [3.63, 3.8) is 0 Å². The minimum Gasteiger partial charge on any atom is -0.505 e. The molecule has 0 spiro atoms. The van der Waals surface area contributed by atoms with Gasteiger partial charge in [-0.05, 0) is 44.1 Å². The third-order valence-corrected chi connectivity index (χ3v) is 4.51. The topological polar surface area (TPSA) is 61.3 Å². The summed E-state index contributed by atoms with van der Waals surface area (Å²) in [5, 5.41) is 14.8. The van der Waals surface area contributed by atoms with Crippen LogP contribution in [-0.4, -0.2) is 33.1 Å². The normalized spacial score (nSPS) is 15.0. The van der Waals surface area contributed by atoms with E-state index in [9.17, 15) is 5.11 Å². The molecule has 0 saturated carbocycles. The number of phenols is 1. The van der Waals surface area contributed by atoms with Crippen LogP contribution in [0.25, 0.3) is 10.9 Å². The second kappa shape index (κ2) is 6.45. The molecule has 4 rings (SSSR count). The fourth-order valence-electron chi connectivity index (χ4n) is 3.23. The Morgan fingerprint density at radius 1 is 1.00 bits per heavy atom. The van der Waals surface area contributed by atoms with E-state index in [-0.39, 0.29) is 0 Å². The highest BCUT2D eigenvalue weighted by atomic mass is 16.3. The van der Waals surface area contributed by atoms with Crippen LogP contribution in [0.2, 0.25) is 0 Å². The van der Waals surface area contributed by atoms with Crippen molar-refractivity contribution in [2.24, 2.45) is 0 Å². The van der Waals surface area contributed by atoms with E-state index in [0.717, 1.165) is 36.1 Å². The average Bonchev–Trinajstić information content (AvgIpc) is 3.12. The summed E-state index contributed by atoms with van der Waals surface area (Å²) in [6.07, 6.45) is 4.02. The fourth-order valence-corrected chi connectivity index (χ4v) is 3.23. The van der Waals surface area contributed by atoms with Crippen LogP contribution in [0.3, 0.4) is 0 Å². The van der Waals surface area contributed by atoms with Crippen LogP contribution in [0.4, 0.5) is 11.5 Å². The van der Waals surface area contributed by atoms with Gasteiger partial charge in [-0.1, -0.05) is 24.3 Å². The van der Waals surface area contributed by atoms with Gasteiger partial charge in [0.15, 0.2) is 0 Å². The predicted molar refractivity (Wildman–Crippen MR) is 95.4 cm³/mol. The Kier molecular flexibility index (Phi) is 4.01. The largest absolute Gasteiger partial charge is 0.505 e. The third kappa shape index (κ3) is 2.90. The minimum atomic E-state index is 0.298. The van der Waals surface area contributed by atoms with Crippen LogP contribution >= 0.6 is 0 Å². The molecule has 1 aliphatic heterocycles. The van der Waals surface area contributed by atoms with Gasteiger partial charge < -0.3 is 10.4 Å². The third-order valence-electron chi connectivity index (χ3n) is 4.51. The van der Waals surface area contributed by atoms with E-state index >= 15 is 0 Å². The molecule has 2 N–H and O–H groups in total. The molecule has 1 saturated heterocycles. The first-order chi connectivity index (χ1) is 11.8. The molecular weight excluding hydrogens is 300 g/mol. The zero-order chi connectivity index (χ0) is 16.4. The highest BCUT2D eigenvalue weighted by Gasteiger charge is 2.15. The molecule has 0 aliphatic carbocycles. The second-order valence-corrected chi connectivity index (χ2v) is 6.16. The van der Waals surface area contributed by atoms with Crippen LogP contribution in [-0.2, 0) is 6.54 Å². The first kappa shape index (κ1) is 14.9. The lowest BCUT2D eigenvalue weighted by atomic mass is 10.1. The summed E-state index contributed by atoms with van der Waals surface area (Å²) in [5.74, 6) is 1.00. The molecule has 24 heavy (non-hydrogen) atoms. The number of aromatic nitrogens is 2. The van der Waals surface area contributed by atoms with E-state index in [0.29, 0.717) is 17.3 Å². The standard InChI is InChI=1S/C19H20N4O/c24-18-14(12-23-10-3-4-11-23)6-5-9-17(18)22-19-15-7-1-2-8-16(15)20-13-21-19/h1-2,5-9,13,24H,3-4,10-12H2,(H,20,21,22). The second-order valence-electron chi connectivity index (χ2n) is 6.16. The zero-order valence-electron chi connectivity index (χ0n) is 13.4. The highest BCUT2D eigenvalue weighted by Crippen LogP contribution is 2.32. The van der Waals surface area contributed by atoms with E-state index in [4.69, 9.17) is 0 Å². The molecule has 5 nitrogen and oxygen atoms in total. The molecule has 0 atom stereocenters. The van der Waals surface area contributed by atoms with Crippen LogP contribution in [0, 0.1) is 0 Å². The Bertz CT molecular complexity index is 854. The zero-order valence-corrected chi connectivity index (χ0v) is 13.4. The number of para-hydroxylation sites is 2. The minimum absolute atomic E-state index is 0.298. The number of phenolic OH excluding ortho intramolecular Hbond substituents is 1. The predicted octanol–water partition coefficient (Wildman–Crippen LogP) is 3.67. The maximum absolute atomic E-state index is 10.6. The van der Waals surface area contributed by atoms with Gasteiger partial charge in [0.2, 0.25) is 0 Å². The van der Waals surface area contributed by atoms with Crippen molar-refractivity contribution >= 4 is 22.4 Å². The maximum atomic E-state index is 10.6. The molecule has 1 aliphatic rings. The molecule has 2 aromatic carbocycles. The van der Waals surface area contributed by atoms with Crippen molar-refractivity contribution < 1.29 is 5.11 Å². The van der Waals surface area contributed by atoms with Crippen LogP contribution in [0.1, 0.15) is 18.4 Å². The quantitative estimate of drug-likeness (QED) is 0.718. The van der Waals surface area contributed by atoms with Gasteiger partial charge in [0.25, 0.3) is 0 Å². The van der Waals surface area contributed by atoms with Gasteiger partial charge in [0.1, 0.15) is 17.9 Å². The smallest absolute Gasteiger partial charge is 0.143 e. The van der Waals surface area contributed by atoms with Gasteiger partial charge in [-0.15, -0.1) is 0 Å². The lowest BCUT2D eigenvalue weighted by Crippen LogP contribution is -2.18. The van der Waals surface area contributed by atoms with Crippen LogP contribution < -0.4 is 5.32 Å². The molecule has 0 bridgehead atoms. The number of hydrogen-bond donors (Lipinski definition) is 2. The van der Waals surface area contributed by atoms with Gasteiger partial charge in [-0.3, -0.25) is 4.90 Å². The van der Waals surface area contributed by atoms with Crippen molar-refractivity contribution in [3.05, 3.63) is 54.4 Å². The lowest BCUT2D eigenvalue weighted by Gasteiger charge is -2.17. The van der Waals surface area contributed by atoms with Gasteiger partial charge in [-0.2, -0.15) is 0 Å². The summed E-state index contributed by atoms with van der Waals surface area (Å²) >= 11 is 0. The van der Waals surface area contributed by atoms with Gasteiger partial charge in [0, 0.05) is 17.5 Å². The Hall–Kier alpha value is -2.66. The number of anilines is 2. The monoisotopic (exact) mass is 320 g/mol. The summed E-state index contributed by atoms with van der Waals surface area (Å²) in [5.41, 5.74) is 2.50. The number of nitrogens with one attached hydrogen (secondary N) is 1. The van der Waals surface area contributed by atoms with Crippen molar-refractivity contribution in [1.29, 1.82) is 0 Å². The Morgan fingerprint density at radius 2 is 1.83 bits per heavy atom. The van der Waals surface area contributed by atoms with E-state index in [1.165, 1.54) is 19.2 Å². The molecule has 0 amide bonds. The van der Waals surface area contributed by atoms with Crippen LogP contribution in [0.15, 0.2) is 48.8 Å². The van der Waals surface area contributed by atoms with E-state index < -0.39 is 0 Å². The molecule has 5 heteroatoms. The fraction of sp³-hybridized carbons (Fsp3) is 0.263. The molecule has 0 radical (unpaired) electrons. The van der Waals surface area contributed by atoms with Crippen molar-refractivity contribution in [3.8, 4) is 5.75 Å². The van der Waals surface area contributed by atoms with E-state index in [1.54, 1.807) is 0 Å². The first-order valence-electron chi connectivity index (χ1n) is 8.31. The maximum Gasteiger partial charge on any atom is 0.143 e. The van der Waals surface area contributed by atoms with Gasteiger partial charge in [-0.25, -0.2) is 9.97 Å². The Morgan fingerprint density at radius 3 is 2.71 bits per heavy atom. The van der Waals surface area contributed by atoms with Crippen LogP contribution in [0.5, 0.6) is 5.75 Å². The Labute approximate surface area is 141 Å². The number of likely N-dealkylation sites (tertiary alicyclic amines) is 1. The van der Waals surface area contributed by atoms with E-state index in [1.807, 2.05) is 42.5 Å². The summed E-state index contributed by atoms with van der Waals surface area (Å²) in [6, 6.07) is 13.7. The molecule has 1 fully saturated rings.